The van der Waals surface area contributed by atoms with E-state index in [2.05, 4.69) is 34.9 Å². The second-order valence-corrected chi connectivity index (χ2v) is 17.7. The van der Waals surface area contributed by atoms with E-state index in [9.17, 15) is 0 Å². The molecule has 3 aliphatic rings. The minimum atomic E-state index is -1.93. The van der Waals surface area contributed by atoms with E-state index in [0.717, 1.165) is 24.0 Å². The van der Waals surface area contributed by atoms with Crippen LogP contribution in [0.2, 0.25) is 17.3 Å². The molecule has 0 radical (unpaired) electrons. The third-order valence-corrected chi connectivity index (χ3v) is 6.15. The predicted molar refractivity (Wildman–Crippen MR) is 93.5 cm³/mol. The van der Waals surface area contributed by atoms with Gasteiger partial charge in [0.2, 0.25) is 0 Å². The van der Waals surface area contributed by atoms with Crippen LogP contribution in [0.1, 0.15) is 30.9 Å². The van der Waals surface area contributed by atoms with Gasteiger partial charge in [-0.2, -0.15) is 0 Å². The monoisotopic (exact) mass is 376 g/mol. The molecule has 0 amide bonds. The van der Waals surface area contributed by atoms with Crippen molar-refractivity contribution in [3.63, 3.8) is 0 Å². The van der Waals surface area contributed by atoms with Crippen molar-refractivity contribution in [2.45, 2.75) is 43.0 Å². The van der Waals surface area contributed by atoms with E-state index in [0.29, 0.717) is 19.8 Å². The molecule has 2 bridgehead atoms. The van der Waals surface area contributed by atoms with Crippen LogP contribution in [0, 0.1) is 16.1 Å². The first-order valence-corrected chi connectivity index (χ1v) is 15.8. The van der Waals surface area contributed by atoms with Gasteiger partial charge in [0.05, 0.1) is 0 Å². The first kappa shape index (κ1) is 17.0. The van der Waals surface area contributed by atoms with Gasteiger partial charge in [-0.1, -0.05) is 0 Å². The Morgan fingerprint density at radius 2 is 1.65 bits per heavy atom. The van der Waals surface area contributed by atoms with E-state index in [-0.39, 0.29) is 5.41 Å². The number of fused-ring (bicyclic) bond motifs is 3. The molecule has 124 valence electrons. The Labute approximate surface area is 142 Å². The third kappa shape index (κ3) is 3.51. The molecule has 0 atom stereocenters. The molecule has 0 N–H and O–H groups in total. The third-order valence-electron chi connectivity index (χ3n) is 4.31. The standard InChI is InChI=1S/C19H26GeO3/c1-5-11-18-13-21-19(22-14-18,23-15-18)17-9-7-6-8-16(17)10-12-20(2,3)4/h6-9H,5,11,13-15H2,1-4H3. The summed E-state index contributed by atoms with van der Waals surface area (Å²) in [4.78, 5) is 0. The molecule has 4 heteroatoms. The van der Waals surface area contributed by atoms with Gasteiger partial charge >= 0.3 is 142 Å². The zero-order valence-corrected chi connectivity index (χ0v) is 16.7. The fourth-order valence-electron chi connectivity index (χ4n) is 3.09. The molecule has 3 nitrogen and oxygen atoms in total. The molecule has 3 aliphatic heterocycles. The van der Waals surface area contributed by atoms with Gasteiger partial charge in [-0.05, 0) is 0 Å². The average molecular weight is 375 g/mol. The number of hydrogen-bond donors (Lipinski definition) is 0. The summed E-state index contributed by atoms with van der Waals surface area (Å²) in [7, 11) is 0. The topological polar surface area (TPSA) is 27.7 Å². The maximum atomic E-state index is 6.08. The molecular weight excluding hydrogens is 349 g/mol. The number of hydrogen-bond acceptors (Lipinski definition) is 3. The van der Waals surface area contributed by atoms with Crippen molar-refractivity contribution in [3.05, 3.63) is 35.4 Å². The number of rotatable bonds is 3. The van der Waals surface area contributed by atoms with Crippen LogP contribution in [-0.4, -0.2) is 33.1 Å². The van der Waals surface area contributed by atoms with Crippen LogP contribution in [0.15, 0.2) is 24.3 Å². The summed E-state index contributed by atoms with van der Waals surface area (Å²) in [6.07, 6.45) is 2.19. The molecule has 0 aromatic heterocycles. The van der Waals surface area contributed by atoms with E-state index < -0.39 is 19.2 Å². The van der Waals surface area contributed by atoms with Crippen molar-refractivity contribution < 1.29 is 14.2 Å². The Kier molecular flexibility index (Phi) is 4.63. The van der Waals surface area contributed by atoms with E-state index in [1.54, 1.807) is 0 Å². The van der Waals surface area contributed by atoms with Gasteiger partial charge in [0.15, 0.2) is 0 Å². The fourth-order valence-corrected chi connectivity index (χ4v) is 4.16. The van der Waals surface area contributed by atoms with Crippen molar-refractivity contribution in [3.8, 4) is 10.7 Å². The molecular formula is C19H26GeO3. The van der Waals surface area contributed by atoms with Gasteiger partial charge in [-0.15, -0.1) is 0 Å². The van der Waals surface area contributed by atoms with Gasteiger partial charge in [0, 0.05) is 0 Å². The molecule has 3 saturated heterocycles. The quantitative estimate of drug-likeness (QED) is 0.593. The van der Waals surface area contributed by atoms with Crippen LogP contribution >= 0.6 is 0 Å². The summed E-state index contributed by atoms with van der Waals surface area (Å²) in [6.45, 7) is 4.27. The van der Waals surface area contributed by atoms with Crippen molar-refractivity contribution in [2.24, 2.45) is 5.41 Å². The van der Waals surface area contributed by atoms with E-state index in [1.165, 1.54) is 0 Å². The van der Waals surface area contributed by atoms with Gasteiger partial charge in [-0.25, -0.2) is 0 Å². The summed E-state index contributed by atoms with van der Waals surface area (Å²) in [5.74, 6) is 9.16. The Hall–Kier alpha value is -0.797. The zero-order valence-electron chi connectivity index (χ0n) is 14.6. The Balaban J connectivity index is 1.90. The van der Waals surface area contributed by atoms with Crippen LogP contribution < -0.4 is 0 Å². The SMILES string of the molecule is CCCC12COC(c3ccccc3C#[C][Ge]([CH3])([CH3])[CH3])(OC1)OC2. The molecule has 23 heavy (non-hydrogen) atoms. The molecule has 4 rings (SSSR count). The molecule has 3 heterocycles. The summed E-state index contributed by atoms with van der Waals surface area (Å²) >= 11 is -1.93. The Morgan fingerprint density at radius 3 is 2.22 bits per heavy atom. The zero-order chi connectivity index (χ0) is 16.6. The average Bonchev–Trinajstić information content (AvgIpc) is 2.54. The summed E-state index contributed by atoms with van der Waals surface area (Å²) in [6, 6.07) is 8.04. The van der Waals surface area contributed by atoms with E-state index >= 15 is 0 Å². The van der Waals surface area contributed by atoms with Gasteiger partial charge in [0.25, 0.3) is 0 Å². The number of benzene rings is 1. The minimum absolute atomic E-state index is 0.0257. The molecule has 0 aliphatic carbocycles. The van der Waals surface area contributed by atoms with Crippen molar-refractivity contribution >= 4 is 13.3 Å². The normalized spacial score (nSPS) is 29.9. The van der Waals surface area contributed by atoms with Crippen LogP contribution in [0.3, 0.4) is 0 Å². The van der Waals surface area contributed by atoms with Crippen molar-refractivity contribution in [1.82, 2.24) is 0 Å². The molecule has 3 fully saturated rings. The first-order chi connectivity index (χ1) is 10.9. The van der Waals surface area contributed by atoms with Crippen LogP contribution in [-0.2, 0) is 20.2 Å². The maximum absolute atomic E-state index is 6.08. The molecule has 0 saturated carbocycles. The van der Waals surface area contributed by atoms with Crippen LogP contribution in [0.25, 0.3) is 0 Å². The first-order valence-electron chi connectivity index (χ1n) is 8.43. The molecule has 1 aromatic rings. The summed E-state index contributed by atoms with van der Waals surface area (Å²) < 4.78 is 21.7. The summed E-state index contributed by atoms with van der Waals surface area (Å²) in [5, 5.41) is 0. The van der Waals surface area contributed by atoms with Gasteiger partial charge < -0.3 is 0 Å². The van der Waals surface area contributed by atoms with Gasteiger partial charge in [0.1, 0.15) is 0 Å². The molecule has 0 spiro atoms. The van der Waals surface area contributed by atoms with Crippen molar-refractivity contribution in [1.29, 1.82) is 0 Å². The van der Waals surface area contributed by atoms with E-state index in [1.807, 2.05) is 24.3 Å². The second kappa shape index (κ2) is 6.25. The summed E-state index contributed by atoms with van der Waals surface area (Å²) in [5.41, 5.74) is 1.89. The van der Waals surface area contributed by atoms with Crippen molar-refractivity contribution in [2.75, 3.05) is 19.8 Å². The van der Waals surface area contributed by atoms with Gasteiger partial charge in [-0.3, -0.25) is 0 Å². The van der Waals surface area contributed by atoms with Crippen LogP contribution in [0.5, 0.6) is 0 Å². The fraction of sp³-hybridized carbons (Fsp3) is 0.579. The van der Waals surface area contributed by atoms with E-state index in [4.69, 9.17) is 14.2 Å². The predicted octanol–water partition coefficient (Wildman–Crippen LogP) is 3.89. The Bertz CT molecular complexity index is 611. The second-order valence-electron chi connectivity index (χ2n) is 7.72. The molecule has 1 aromatic carbocycles. The molecule has 0 unspecified atom stereocenters. The number of ether oxygens (including phenoxy) is 3. The van der Waals surface area contributed by atoms with Crippen LogP contribution in [0.4, 0.5) is 0 Å². The Morgan fingerprint density at radius 1 is 1.04 bits per heavy atom.